The Labute approximate surface area is 133 Å². The molecule has 0 heterocycles. The van der Waals surface area contributed by atoms with E-state index in [9.17, 15) is 14.0 Å². The van der Waals surface area contributed by atoms with E-state index in [1.807, 2.05) is 0 Å². The minimum absolute atomic E-state index is 0.0410. The molecule has 0 aromatic heterocycles. The highest BCUT2D eigenvalue weighted by molar-refractivity contribution is 5.96. The first-order valence-electron chi connectivity index (χ1n) is 7.06. The number of hydrogen-bond acceptors (Lipinski definition) is 3. The number of hydrogen-bond donors (Lipinski definition) is 2. The summed E-state index contributed by atoms with van der Waals surface area (Å²) >= 11 is 0. The molecule has 0 fully saturated rings. The average Bonchev–Trinajstić information content (AvgIpc) is 2.56. The van der Waals surface area contributed by atoms with Gasteiger partial charge in [-0.05, 0) is 48.5 Å². The molecular formula is C17H17FN2O3. The maximum Gasteiger partial charge on any atom is 0.224 e. The maximum atomic E-state index is 12.8. The normalized spacial score (nSPS) is 10.0. The largest absolute Gasteiger partial charge is 0.497 e. The van der Waals surface area contributed by atoms with Crippen LogP contribution in [0.15, 0.2) is 48.5 Å². The second kappa shape index (κ2) is 7.93. The Bertz CT molecular complexity index is 669. The van der Waals surface area contributed by atoms with Crippen LogP contribution in [0.25, 0.3) is 0 Å². The number of carbonyl (C=O) groups excluding carboxylic acids is 2. The summed E-state index contributed by atoms with van der Waals surface area (Å²) in [5.41, 5.74) is 1.13. The average molecular weight is 316 g/mol. The summed E-state index contributed by atoms with van der Waals surface area (Å²) in [5, 5.41) is 5.30. The zero-order valence-corrected chi connectivity index (χ0v) is 12.6. The Hall–Kier alpha value is -2.89. The summed E-state index contributed by atoms with van der Waals surface area (Å²) in [4.78, 5) is 23.5. The highest BCUT2D eigenvalue weighted by Gasteiger charge is 2.08. The van der Waals surface area contributed by atoms with Crippen molar-refractivity contribution in [1.29, 1.82) is 0 Å². The van der Waals surface area contributed by atoms with Gasteiger partial charge in [0, 0.05) is 24.2 Å². The Balaban J connectivity index is 1.76. The van der Waals surface area contributed by atoms with Crippen molar-refractivity contribution in [2.75, 3.05) is 17.7 Å². The van der Waals surface area contributed by atoms with E-state index in [0.29, 0.717) is 17.1 Å². The first-order valence-corrected chi connectivity index (χ1v) is 7.06. The number of halogens is 1. The number of rotatable bonds is 6. The van der Waals surface area contributed by atoms with Crippen LogP contribution in [0.5, 0.6) is 5.75 Å². The number of anilines is 2. The van der Waals surface area contributed by atoms with Crippen LogP contribution in [0.4, 0.5) is 15.8 Å². The molecule has 2 aromatic carbocycles. The van der Waals surface area contributed by atoms with Crippen molar-refractivity contribution in [3.05, 3.63) is 54.3 Å². The van der Waals surface area contributed by atoms with Gasteiger partial charge in [-0.1, -0.05) is 0 Å². The lowest BCUT2D eigenvalue weighted by molar-refractivity contribution is -0.121. The van der Waals surface area contributed by atoms with Gasteiger partial charge in [-0.3, -0.25) is 9.59 Å². The van der Waals surface area contributed by atoms with Crippen LogP contribution in [0, 0.1) is 5.82 Å². The molecule has 0 aliphatic carbocycles. The van der Waals surface area contributed by atoms with Crippen molar-refractivity contribution in [2.45, 2.75) is 12.8 Å². The fourth-order valence-electron chi connectivity index (χ4n) is 1.88. The quantitative estimate of drug-likeness (QED) is 0.860. The molecular weight excluding hydrogens is 299 g/mol. The van der Waals surface area contributed by atoms with Crippen LogP contribution >= 0.6 is 0 Å². The molecule has 0 aliphatic rings. The van der Waals surface area contributed by atoms with E-state index < -0.39 is 0 Å². The van der Waals surface area contributed by atoms with Gasteiger partial charge >= 0.3 is 0 Å². The highest BCUT2D eigenvalue weighted by atomic mass is 19.1. The molecule has 0 saturated carbocycles. The van der Waals surface area contributed by atoms with Gasteiger partial charge in [-0.2, -0.15) is 0 Å². The SMILES string of the molecule is COc1ccc(NC(=O)CCC(=O)Nc2ccc(F)cc2)cc1. The fourth-order valence-corrected chi connectivity index (χ4v) is 1.88. The molecule has 0 saturated heterocycles. The Morgan fingerprint density at radius 1 is 0.870 bits per heavy atom. The second-order valence-electron chi connectivity index (χ2n) is 4.83. The zero-order chi connectivity index (χ0) is 16.7. The smallest absolute Gasteiger partial charge is 0.224 e. The minimum Gasteiger partial charge on any atom is -0.497 e. The van der Waals surface area contributed by atoms with Crippen molar-refractivity contribution in [3.63, 3.8) is 0 Å². The summed E-state index contributed by atoms with van der Waals surface area (Å²) in [6.45, 7) is 0. The number of nitrogens with one attached hydrogen (secondary N) is 2. The lowest BCUT2D eigenvalue weighted by Crippen LogP contribution is -2.17. The van der Waals surface area contributed by atoms with Crippen molar-refractivity contribution in [3.8, 4) is 5.75 Å². The lowest BCUT2D eigenvalue weighted by Gasteiger charge is -2.07. The number of carbonyl (C=O) groups is 2. The first-order chi connectivity index (χ1) is 11.1. The molecule has 2 N–H and O–H groups in total. The third-order valence-corrected chi connectivity index (χ3v) is 3.08. The van der Waals surface area contributed by atoms with E-state index in [1.165, 1.54) is 24.3 Å². The summed E-state index contributed by atoms with van der Waals surface area (Å²) < 4.78 is 17.8. The molecule has 23 heavy (non-hydrogen) atoms. The Kier molecular flexibility index (Phi) is 5.68. The number of benzene rings is 2. The van der Waals surface area contributed by atoms with Gasteiger partial charge in [-0.15, -0.1) is 0 Å². The van der Waals surface area contributed by atoms with Gasteiger partial charge in [0.2, 0.25) is 11.8 Å². The Morgan fingerprint density at radius 3 is 1.74 bits per heavy atom. The molecule has 2 amide bonds. The van der Waals surface area contributed by atoms with Gasteiger partial charge < -0.3 is 15.4 Å². The van der Waals surface area contributed by atoms with Crippen LogP contribution in [0.3, 0.4) is 0 Å². The van der Waals surface area contributed by atoms with E-state index in [2.05, 4.69) is 10.6 Å². The summed E-state index contributed by atoms with van der Waals surface area (Å²) in [6.07, 6.45) is 0.0957. The first kappa shape index (κ1) is 16.5. The Morgan fingerprint density at radius 2 is 1.30 bits per heavy atom. The van der Waals surface area contributed by atoms with E-state index in [-0.39, 0.29) is 30.5 Å². The molecule has 0 bridgehead atoms. The van der Waals surface area contributed by atoms with Crippen LogP contribution in [-0.4, -0.2) is 18.9 Å². The van der Waals surface area contributed by atoms with Gasteiger partial charge in [0.05, 0.1) is 7.11 Å². The predicted octanol–water partition coefficient (Wildman–Crippen LogP) is 3.19. The summed E-state index contributed by atoms with van der Waals surface area (Å²) in [6, 6.07) is 12.3. The monoisotopic (exact) mass is 316 g/mol. The molecule has 0 unspecified atom stereocenters. The molecule has 5 nitrogen and oxygen atoms in total. The van der Waals surface area contributed by atoms with E-state index in [4.69, 9.17) is 4.74 Å². The van der Waals surface area contributed by atoms with E-state index in [0.717, 1.165) is 0 Å². The molecule has 2 rings (SSSR count). The minimum atomic E-state index is -0.373. The third-order valence-electron chi connectivity index (χ3n) is 3.08. The summed E-state index contributed by atoms with van der Waals surface area (Å²) in [7, 11) is 1.56. The van der Waals surface area contributed by atoms with Gasteiger partial charge in [0.1, 0.15) is 11.6 Å². The summed E-state index contributed by atoms with van der Waals surface area (Å²) in [5.74, 6) is -0.241. The topological polar surface area (TPSA) is 67.4 Å². The predicted molar refractivity (Wildman–Crippen MR) is 85.9 cm³/mol. The van der Waals surface area contributed by atoms with Crippen LogP contribution < -0.4 is 15.4 Å². The number of ether oxygens (including phenoxy) is 1. The third kappa shape index (κ3) is 5.43. The molecule has 2 aromatic rings. The standard InChI is InChI=1S/C17H17FN2O3/c1-23-15-8-6-14(7-9-15)20-17(22)11-10-16(21)19-13-4-2-12(18)3-5-13/h2-9H,10-11H2,1H3,(H,19,21)(H,20,22). The van der Waals surface area contributed by atoms with Gasteiger partial charge in [0.15, 0.2) is 0 Å². The second-order valence-corrected chi connectivity index (χ2v) is 4.83. The van der Waals surface area contributed by atoms with Crippen molar-refractivity contribution >= 4 is 23.2 Å². The van der Waals surface area contributed by atoms with E-state index in [1.54, 1.807) is 31.4 Å². The molecule has 6 heteroatoms. The molecule has 0 aliphatic heterocycles. The van der Waals surface area contributed by atoms with Crippen molar-refractivity contribution in [1.82, 2.24) is 0 Å². The molecule has 120 valence electrons. The highest BCUT2D eigenvalue weighted by Crippen LogP contribution is 2.15. The zero-order valence-electron chi connectivity index (χ0n) is 12.6. The van der Waals surface area contributed by atoms with Gasteiger partial charge in [0.25, 0.3) is 0 Å². The van der Waals surface area contributed by atoms with Crippen molar-refractivity contribution in [2.24, 2.45) is 0 Å². The van der Waals surface area contributed by atoms with Crippen LogP contribution in [0.1, 0.15) is 12.8 Å². The number of methoxy groups -OCH3 is 1. The molecule has 0 atom stereocenters. The maximum absolute atomic E-state index is 12.8. The van der Waals surface area contributed by atoms with E-state index >= 15 is 0 Å². The number of amides is 2. The fraction of sp³-hybridized carbons (Fsp3) is 0.176. The van der Waals surface area contributed by atoms with Crippen molar-refractivity contribution < 1.29 is 18.7 Å². The molecule has 0 spiro atoms. The molecule has 0 radical (unpaired) electrons. The van der Waals surface area contributed by atoms with Crippen LogP contribution in [-0.2, 0) is 9.59 Å². The van der Waals surface area contributed by atoms with Crippen LogP contribution in [0.2, 0.25) is 0 Å². The lowest BCUT2D eigenvalue weighted by atomic mass is 10.2. The van der Waals surface area contributed by atoms with Gasteiger partial charge in [-0.25, -0.2) is 4.39 Å².